The van der Waals surface area contributed by atoms with Crippen molar-refractivity contribution >= 4 is 6.03 Å². The van der Waals surface area contributed by atoms with Crippen LogP contribution in [-0.2, 0) is 18.4 Å². The summed E-state index contributed by atoms with van der Waals surface area (Å²) in [5, 5.41) is 2.98. The van der Waals surface area contributed by atoms with Crippen molar-refractivity contribution in [3.8, 4) is 0 Å². The molecule has 1 N–H and O–H groups in total. The monoisotopic (exact) mass is 381 g/mol. The normalized spacial score (nSPS) is 20.8. The molecule has 0 radical (unpaired) electrons. The quantitative estimate of drug-likeness (QED) is 0.885. The molecule has 4 rings (SSSR count). The maximum Gasteiger partial charge on any atom is 0.318 e. The lowest BCUT2D eigenvalue weighted by molar-refractivity contribution is 0.164. The third kappa shape index (κ3) is 3.41. The van der Waals surface area contributed by atoms with Crippen LogP contribution in [0.15, 0.2) is 35.4 Å². The average Bonchev–Trinajstić information content (AvgIpc) is 2.97. The van der Waals surface area contributed by atoms with Crippen molar-refractivity contribution in [1.29, 1.82) is 0 Å². The zero-order valence-corrected chi connectivity index (χ0v) is 16.7. The number of fused-ring (bicyclic) bond motifs is 4. The second-order valence-corrected chi connectivity index (χ2v) is 8.67. The van der Waals surface area contributed by atoms with E-state index in [1.807, 2.05) is 17.2 Å². The van der Waals surface area contributed by atoms with Gasteiger partial charge in [-0.2, -0.15) is 0 Å². The highest BCUT2D eigenvalue weighted by Crippen LogP contribution is 2.43. The first-order valence-electron chi connectivity index (χ1n) is 9.92. The third-order valence-corrected chi connectivity index (χ3v) is 5.62. The maximum absolute atomic E-state index is 12.9. The molecule has 1 saturated heterocycles. The number of rotatable bonds is 3. The Labute approximate surface area is 164 Å². The van der Waals surface area contributed by atoms with Gasteiger partial charge in [-0.1, -0.05) is 26.8 Å². The summed E-state index contributed by atoms with van der Waals surface area (Å²) in [6, 6.07) is 5.21. The number of hydrogen-bond donors (Lipinski definition) is 1. The van der Waals surface area contributed by atoms with Crippen molar-refractivity contribution in [2.75, 3.05) is 6.54 Å². The van der Waals surface area contributed by atoms with Crippen molar-refractivity contribution in [1.82, 2.24) is 24.8 Å². The molecule has 0 spiro atoms. The van der Waals surface area contributed by atoms with Gasteiger partial charge in [0.2, 0.25) is 0 Å². The number of amides is 2. The zero-order chi connectivity index (χ0) is 19.9. The Morgan fingerprint density at radius 3 is 2.86 bits per heavy atom. The van der Waals surface area contributed by atoms with Gasteiger partial charge in [0.15, 0.2) is 0 Å². The maximum atomic E-state index is 12.9. The second kappa shape index (κ2) is 7.04. The number of aromatic nitrogens is 3. The van der Waals surface area contributed by atoms with Crippen LogP contribution in [0.25, 0.3) is 0 Å². The van der Waals surface area contributed by atoms with E-state index in [1.165, 1.54) is 6.07 Å². The fraction of sp³-hybridized carbons (Fsp3) is 0.524. The van der Waals surface area contributed by atoms with E-state index in [4.69, 9.17) is 4.98 Å². The van der Waals surface area contributed by atoms with E-state index in [9.17, 15) is 9.59 Å². The zero-order valence-electron chi connectivity index (χ0n) is 16.7. The molecule has 1 fully saturated rings. The van der Waals surface area contributed by atoms with Crippen LogP contribution in [-0.4, -0.2) is 38.1 Å². The molecule has 0 aromatic carbocycles. The molecule has 2 bridgehead atoms. The summed E-state index contributed by atoms with van der Waals surface area (Å²) in [4.78, 5) is 36.0. The smallest absolute Gasteiger partial charge is 0.318 e. The van der Waals surface area contributed by atoms with Gasteiger partial charge in [-0.15, -0.1) is 0 Å². The van der Waals surface area contributed by atoms with Crippen LogP contribution in [0.1, 0.15) is 56.7 Å². The largest absolute Gasteiger partial charge is 0.336 e. The lowest BCUT2D eigenvalue weighted by Crippen LogP contribution is -2.48. The Balaban J connectivity index is 1.46. The Morgan fingerprint density at radius 1 is 1.29 bits per heavy atom. The third-order valence-electron chi connectivity index (χ3n) is 5.62. The molecular weight excluding hydrogens is 354 g/mol. The van der Waals surface area contributed by atoms with Gasteiger partial charge >= 0.3 is 6.03 Å². The molecule has 2 aliphatic heterocycles. The summed E-state index contributed by atoms with van der Waals surface area (Å²) >= 11 is 0. The molecule has 7 heteroatoms. The van der Waals surface area contributed by atoms with Crippen molar-refractivity contribution in [3.63, 3.8) is 0 Å². The second-order valence-electron chi connectivity index (χ2n) is 8.67. The number of carbonyl (C=O) groups excluding carboxylic acids is 1. The number of nitrogens with zero attached hydrogens (tertiary/aromatic N) is 4. The van der Waals surface area contributed by atoms with Gasteiger partial charge in [0, 0.05) is 55.0 Å². The summed E-state index contributed by atoms with van der Waals surface area (Å²) in [5.74, 6) is 0.858. The number of nitrogens with one attached hydrogen (secondary N) is 1. The summed E-state index contributed by atoms with van der Waals surface area (Å²) in [5.41, 5.74) is 2.02. The molecular formula is C21H27N5O2. The first kappa shape index (κ1) is 18.7. The van der Waals surface area contributed by atoms with Gasteiger partial charge in [0.05, 0.1) is 11.7 Å². The van der Waals surface area contributed by atoms with Gasteiger partial charge in [0.25, 0.3) is 5.56 Å². The fourth-order valence-corrected chi connectivity index (χ4v) is 4.17. The van der Waals surface area contributed by atoms with Crippen molar-refractivity contribution in [2.24, 2.45) is 0 Å². The van der Waals surface area contributed by atoms with Crippen LogP contribution in [0.2, 0.25) is 0 Å². The molecule has 4 heterocycles. The van der Waals surface area contributed by atoms with Gasteiger partial charge in [0.1, 0.15) is 5.82 Å². The minimum absolute atomic E-state index is 0.0437. The van der Waals surface area contributed by atoms with Crippen molar-refractivity contribution < 1.29 is 4.79 Å². The first-order chi connectivity index (χ1) is 13.3. The molecule has 2 aromatic rings. The van der Waals surface area contributed by atoms with Crippen LogP contribution in [0.3, 0.4) is 0 Å². The van der Waals surface area contributed by atoms with Crippen LogP contribution in [0.4, 0.5) is 4.79 Å². The molecule has 2 amide bonds. The van der Waals surface area contributed by atoms with Crippen molar-refractivity contribution in [2.45, 2.75) is 64.1 Å². The highest BCUT2D eigenvalue weighted by Gasteiger charge is 2.43. The van der Waals surface area contributed by atoms with Crippen LogP contribution >= 0.6 is 0 Å². The molecule has 2 atom stereocenters. The van der Waals surface area contributed by atoms with E-state index in [0.29, 0.717) is 13.1 Å². The lowest BCUT2D eigenvalue weighted by atomic mass is 9.93. The highest BCUT2D eigenvalue weighted by atomic mass is 16.2. The molecule has 28 heavy (non-hydrogen) atoms. The van der Waals surface area contributed by atoms with Gasteiger partial charge < -0.3 is 14.8 Å². The summed E-state index contributed by atoms with van der Waals surface area (Å²) in [6.45, 7) is 7.23. The van der Waals surface area contributed by atoms with Crippen LogP contribution < -0.4 is 10.9 Å². The Kier molecular flexibility index (Phi) is 4.69. The molecule has 0 saturated carbocycles. The number of carbonyl (C=O) groups is 1. The summed E-state index contributed by atoms with van der Waals surface area (Å²) in [7, 11) is 0. The number of urea groups is 1. The van der Waals surface area contributed by atoms with Gasteiger partial charge in [-0.25, -0.2) is 14.8 Å². The molecule has 2 aromatic heterocycles. The highest BCUT2D eigenvalue weighted by molar-refractivity contribution is 5.76. The molecule has 2 aliphatic rings. The lowest BCUT2D eigenvalue weighted by Gasteiger charge is -2.36. The van der Waals surface area contributed by atoms with E-state index in [0.717, 1.165) is 36.3 Å². The predicted octanol–water partition coefficient (Wildman–Crippen LogP) is 2.41. The molecule has 148 valence electrons. The SMILES string of the molecule is CC(C)(C)c1ncc2c(n1)CC1CCC2N1C(=O)NCCn1ccccc1=O. The van der Waals surface area contributed by atoms with E-state index in [-0.39, 0.29) is 29.1 Å². The Bertz CT molecular complexity index is 946. The molecule has 0 aliphatic carbocycles. The van der Waals surface area contributed by atoms with Gasteiger partial charge in [-0.05, 0) is 18.9 Å². The molecule has 2 unspecified atom stereocenters. The average molecular weight is 381 g/mol. The molecule has 7 nitrogen and oxygen atoms in total. The minimum Gasteiger partial charge on any atom is -0.336 e. The topological polar surface area (TPSA) is 80.1 Å². The van der Waals surface area contributed by atoms with E-state index >= 15 is 0 Å². The van der Waals surface area contributed by atoms with Crippen LogP contribution in [0.5, 0.6) is 0 Å². The minimum atomic E-state index is -0.0852. The summed E-state index contributed by atoms with van der Waals surface area (Å²) < 4.78 is 1.60. The van der Waals surface area contributed by atoms with E-state index in [2.05, 4.69) is 31.1 Å². The Morgan fingerprint density at radius 2 is 2.11 bits per heavy atom. The fourth-order valence-electron chi connectivity index (χ4n) is 4.17. The summed E-state index contributed by atoms with van der Waals surface area (Å²) in [6.07, 6.45) is 6.36. The van der Waals surface area contributed by atoms with E-state index in [1.54, 1.807) is 16.8 Å². The van der Waals surface area contributed by atoms with Crippen LogP contribution in [0, 0.1) is 0 Å². The first-order valence-corrected chi connectivity index (χ1v) is 9.92. The van der Waals surface area contributed by atoms with E-state index < -0.39 is 0 Å². The Hall–Kier alpha value is -2.70. The number of pyridine rings is 1. The predicted molar refractivity (Wildman–Crippen MR) is 106 cm³/mol. The van der Waals surface area contributed by atoms with Crippen molar-refractivity contribution in [3.05, 3.63) is 58.0 Å². The number of hydrogen-bond acceptors (Lipinski definition) is 4. The standard InChI is InChI=1S/C21H27N5O2/c1-21(2,3)19-23-13-15-16(24-19)12-14-7-8-17(15)26(14)20(28)22-9-11-25-10-5-4-6-18(25)27/h4-6,10,13-14,17H,7-9,11-12H2,1-3H3,(H,22,28). The van der Waals surface area contributed by atoms with Gasteiger partial charge in [-0.3, -0.25) is 4.79 Å².